The molecular weight excluding hydrogens is 138 g/mol. The van der Waals surface area contributed by atoms with Crippen LogP contribution in [0.3, 0.4) is 0 Å². The standard InChI is InChI=1S/C9H9NO/c11-9-2-1-8-6-10-4-3-7(8)5-9/h1-2,4-5,11H,3,6H2. The molecule has 0 atom stereocenters. The second-order valence-electron chi connectivity index (χ2n) is 2.68. The van der Waals surface area contributed by atoms with Crippen molar-refractivity contribution in [1.82, 2.24) is 0 Å². The molecule has 0 fully saturated rings. The summed E-state index contributed by atoms with van der Waals surface area (Å²) in [5.41, 5.74) is 2.42. The van der Waals surface area contributed by atoms with E-state index in [1.165, 1.54) is 11.1 Å². The fourth-order valence-corrected chi connectivity index (χ4v) is 1.28. The average molecular weight is 147 g/mol. The molecule has 2 rings (SSSR count). The van der Waals surface area contributed by atoms with Gasteiger partial charge in [0.25, 0.3) is 0 Å². The molecule has 1 aliphatic rings. The third kappa shape index (κ3) is 1.11. The monoisotopic (exact) mass is 147 g/mol. The number of nitrogens with zero attached hydrogens (tertiary/aromatic N) is 1. The molecule has 2 heteroatoms. The minimum Gasteiger partial charge on any atom is -0.508 e. The summed E-state index contributed by atoms with van der Waals surface area (Å²) in [6, 6.07) is 5.45. The maximum atomic E-state index is 9.14. The molecule has 0 aliphatic carbocycles. The van der Waals surface area contributed by atoms with Crippen LogP contribution in [0.4, 0.5) is 0 Å². The first-order chi connectivity index (χ1) is 5.36. The van der Waals surface area contributed by atoms with Gasteiger partial charge in [0.2, 0.25) is 0 Å². The van der Waals surface area contributed by atoms with E-state index in [1.54, 1.807) is 12.1 Å². The summed E-state index contributed by atoms with van der Waals surface area (Å²) < 4.78 is 0. The lowest BCUT2D eigenvalue weighted by atomic mass is 10.0. The molecule has 0 amide bonds. The van der Waals surface area contributed by atoms with Gasteiger partial charge in [-0.2, -0.15) is 0 Å². The minimum atomic E-state index is 0.346. The number of hydrogen-bond donors (Lipinski definition) is 1. The van der Waals surface area contributed by atoms with Crippen molar-refractivity contribution in [1.29, 1.82) is 0 Å². The molecule has 0 unspecified atom stereocenters. The van der Waals surface area contributed by atoms with Crippen LogP contribution in [0.2, 0.25) is 0 Å². The van der Waals surface area contributed by atoms with Gasteiger partial charge in [0, 0.05) is 12.6 Å². The molecule has 1 aromatic carbocycles. The van der Waals surface area contributed by atoms with E-state index in [0.717, 1.165) is 13.0 Å². The molecule has 11 heavy (non-hydrogen) atoms. The van der Waals surface area contributed by atoms with Crippen LogP contribution in [0.15, 0.2) is 23.2 Å². The lowest BCUT2D eigenvalue weighted by Gasteiger charge is -2.09. The van der Waals surface area contributed by atoms with Crippen molar-refractivity contribution in [3.05, 3.63) is 29.3 Å². The van der Waals surface area contributed by atoms with E-state index in [-0.39, 0.29) is 0 Å². The summed E-state index contributed by atoms with van der Waals surface area (Å²) in [4.78, 5) is 4.14. The molecule has 0 saturated heterocycles. The summed E-state index contributed by atoms with van der Waals surface area (Å²) in [5, 5.41) is 9.14. The zero-order valence-corrected chi connectivity index (χ0v) is 6.12. The van der Waals surface area contributed by atoms with Gasteiger partial charge in [-0.15, -0.1) is 0 Å². The van der Waals surface area contributed by atoms with Crippen LogP contribution in [0.5, 0.6) is 5.75 Å². The first-order valence-corrected chi connectivity index (χ1v) is 3.65. The van der Waals surface area contributed by atoms with Gasteiger partial charge >= 0.3 is 0 Å². The van der Waals surface area contributed by atoms with E-state index in [0.29, 0.717) is 5.75 Å². The van der Waals surface area contributed by atoms with Crippen LogP contribution in [-0.4, -0.2) is 11.3 Å². The Balaban J connectivity index is 2.48. The molecule has 1 aromatic rings. The van der Waals surface area contributed by atoms with Gasteiger partial charge < -0.3 is 5.11 Å². The second kappa shape index (κ2) is 2.38. The lowest BCUT2D eigenvalue weighted by Crippen LogP contribution is -1.99. The maximum absolute atomic E-state index is 9.14. The first kappa shape index (κ1) is 6.40. The molecule has 0 aromatic heterocycles. The predicted octanol–water partition coefficient (Wildman–Crippen LogP) is 1.52. The molecule has 1 heterocycles. The fraction of sp³-hybridized carbons (Fsp3) is 0.222. The van der Waals surface area contributed by atoms with Gasteiger partial charge in [0.1, 0.15) is 5.75 Å². The van der Waals surface area contributed by atoms with Gasteiger partial charge in [-0.1, -0.05) is 6.07 Å². The van der Waals surface area contributed by atoms with Crippen molar-refractivity contribution >= 4 is 6.21 Å². The number of rotatable bonds is 0. The van der Waals surface area contributed by atoms with E-state index >= 15 is 0 Å². The number of fused-ring (bicyclic) bond motifs is 1. The third-order valence-corrected chi connectivity index (χ3v) is 1.89. The highest BCUT2D eigenvalue weighted by Crippen LogP contribution is 2.19. The molecule has 56 valence electrons. The average Bonchev–Trinajstić information content (AvgIpc) is 2.04. The van der Waals surface area contributed by atoms with Gasteiger partial charge in [-0.25, -0.2) is 0 Å². The van der Waals surface area contributed by atoms with Crippen molar-refractivity contribution in [2.24, 2.45) is 4.99 Å². The molecular formula is C9H9NO. The normalized spacial score (nSPS) is 14.5. The van der Waals surface area contributed by atoms with E-state index in [9.17, 15) is 0 Å². The number of hydrogen-bond acceptors (Lipinski definition) is 2. The van der Waals surface area contributed by atoms with E-state index in [2.05, 4.69) is 4.99 Å². The highest BCUT2D eigenvalue weighted by atomic mass is 16.3. The van der Waals surface area contributed by atoms with Gasteiger partial charge in [0.15, 0.2) is 0 Å². The number of phenols is 1. The van der Waals surface area contributed by atoms with Crippen LogP contribution in [0, 0.1) is 0 Å². The number of aromatic hydroxyl groups is 1. The van der Waals surface area contributed by atoms with Crippen LogP contribution in [0.1, 0.15) is 11.1 Å². The summed E-state index contributed by atoms with van der Waals surface area (Å²) in [6.07, 6.45) is 2.74. The Hall–Kier alpha value is -1.31. The maximum Gasteiger partial charge on any atom is 0.115 e. The van der Waals surface area contributed by atoms with Gasteiger partial charge in [0.05, 0.1) is 6.54 Å². The third-order valence-electron chi connectivity index (χ3n) is 1.89. The summed E-state index contributed by atoms with van der Waals surface area (Å²) in [7, 11) is 0. The van der Waals surface area contributed by atoms with E-state index in [1.807, 2.05) is 12.3 Å². The second-order valence-corrected chi connectivity index (χ2v) is 2.68. The fourth-order valence-electron chi connectivity index (χ4n) is 1.28. The SMILES string of the molecule is Oc1ccc2c(c1)CC=NC2. The van der Waals surface area contributed by atoms with Gasteiger partial charge in [-0.3, -0.25) is 4.99 Å². The van der Waals surface area contributed by atoms with E-state index in [4.69, 9.17) is 5.11 Å². The van der Waals surface area contributed by atoms with E-state index < -0.39 is 0 Å². The zero-order chi connectivity index (χ0) is 7.68. The summed E-state index contributed by atoms with van der Waals surface area (Å²) in [5.74, 6) is 0.346. The Kier molecular flexibility index (Phi) is 1.39. The Labute approximate surface area is 65.2 Å². The predicted molar refractivity (Wildman–Crippen MR) is 44.0 cm³/mol. The molecule has 0 spiro atoms. The van der Waals surface area contributed by atoms with Crippen molar-refractivity contribution in [2.45, 2.75) is 13.0 Å². The van der Waals surface area contributed by atoms with Crippen LogP contribution in [0.25, 0.3) is 0 Å². The molecule has 1 aliphatic heterocycles. The Bertz CT molecular complexity index is 304. The summed E-state index contributed by atoms with van der Waals surface area (Å²) in [6.45, 7) is 0.760. The van der Waals surface area contributed by atoms with Crippen molar-refractivity contribution in [2.75, 3.05) is 0 Å². The molecule has 2 nitrogen and oxygen atoms in total. The topological polar surface area (TPSA) is 32.6 Å². The van der Waals surface area contributed by atoms with Crippen LogP contribution >= 0.6 is 0 Å². The number of aliphatic imine (C=N–C) groups is 1. The number of phenolic OH excluding ortho intramolecular Hbond substituents is 1. The quantitative estimate of drug-likeness (QED) is 0.592. The zero-order valence-electron chi connectivity index (χ0n) is 6.12. The highest BCUT2D eigenvalue weighted by molar-refractivity contribution is 5.65. The van der Waals surface area contributed by atoms with Crippen molar-refractivity contribution in [3.63, 3.8) is 0 Å². The Morgan fingerprint density at radius 3 is 3.09 bits per heavy atom. The van der Waals surface area contributed by atoms with Crippen molar-refractivity contribution in [3.8, 4) is 5.75 Å². The molecule has 0 saturated carbocycles. The Morgan fingerprint density at radius 2 is 2.18 bits per heavy atom. The minimum absolute atomic E-state index is 0.346. The van der Waals surface area contributed by atoms with Crippen LogP contribution < -0.4 is 0 Å². The Morgan fingerprint density at radius 1 is 1.27 bits per heavy atom. The first-order valence-electron chi connectivity index (χ1n) is 3.65. The number of benzene rings is 1. The lowest BCUT2D eigenvalue weighted by molar-refractivity contribution is 0.474. The molecule has 0 bridgehead atoms. The largest absolute Gasteiger partial charge is 0.508 e. The molecule has 0 radical (unpaired) electrons. The highest BCUT2D eigenvalue weighted by Gasteiger charge is 2.04. The van der Waals surface area contributed by atoms with Gasteiger partial charge in [-0.05, 0) is 23.3 Å². The summed E-state index contributed by atoms with van der Waals surface area (Å²) >= 11 is 0. The smallest absolute Gasteiger partial charge is 0.115 e. The molecule has 1 N–H and O–H groups in total. The van der Waals surface area contributed by atoms with Crippen LogP contribution in [-0.2, 0) is 13.0 Å². The van der Waals surface area contributed by atoms with Crippen molar-refractivity contribution < 1.29 is 5.11 Å².